The van der Waals surface area contributed by atoms with Crippen LogP contribution in [0.4, 0.5) is 0 Å². The van der Waals surface area contributed by atoms with Gasteiger partial charge in [0.1, 0.15) is 0 Å². The lowest BCUT2D eigenvalue weighted by Crippen LogP contribution is -2.67. The van der Waals surface area contributed by atoms with E-state index < -0.39 is 9.84 Å². The lowest BCUT2D eigenvalue weighted by molar-refractivity contribution is -0.169. The van der Waals surface area contributed by atoms with Gasteiger partial charge in [-0.1, -0.05) is 0 Å². The van der Waals surface area contributed by atoms with Gasteiger partial charge in [0.25, 0.3) is 0 Å². The van der Waals surface area contributed by atoms with E-state index in [9.17, 15) is 8.42 Å². The molecule has 2 aliphatic heterocycles. The zero-order chi connectivity index (χ0) is 17.9. The molecule has 3 rings (SSSR count). The standard InChI is InChI=1S/C17H31N3O4S/c1-3-24-15-10-14(17(15)5-7-23-8-6-17)20-16(18-2)19-11-13-4-9-25(21,22)12-13/h13-15H,3-12H2,1-2H3,(H2,18,19,20). The van der Waals surface area contributed by atoms with Crippen LogP contribution in [0.1, 0.15) is 32.6 Å². The van der Waals surface area contributed by atoms with Crippen LogP contribution in [-0.4, -0.2) is 71.4 Å². The van der Waals surface area contributed by atoms with Gasteiger partial charge in [-0.15, -0.1) is 0 Å². The number of ether oxygens (including phenoxy) is 2. The summed E-state index contributed by atoms with van der Waals surface area (Å²) in [7, 11) is -1.07. The van der Waals surface area contributed by atoms with Crippen molar-refractivity contribution in [3.8, 4) is 0 Å². The van der Waals surface area contributed by atoms with E-state index in [-0.39, 0.29) is 23.2 Å². The van der Waals surface area contributed by atoms with Crippen molar-refractivity contribution in [2.45, 2.75) is 44.8 Å². The highest BCUT2D eigenvalue weighted by Gasteiger charge is 2.56. The lowest BCUT2D eigenvalue weighted by atomic mass is 9.57. The summed E-state index contributed by atoms with van der Waals surface area (Å²) in [6.07, 6.45) is 4.02. The summed E-state index contributed by atoms with van der Waals surface area (Å²) in [5.74, 6) is 1.54. The Morgan fingerprint density at radius 2 is 2.12 bits per heavy atom. The first-order valence-electron chi connectivity index (χ1n) is 9.36. The molecular weight excluding hydrogens is 342 g/mol. The lowest BCUT2D eigenvalue weighted by Gasteiger charge is -2.57. The summed E-state index contributed by atoms with van der Waals surface area (Å²) < 4.78 is 34.7. The molecule has 8 heteroatoms. The first kappa shape index (κ1) is 18.9. The normalized spacial score (nSPS) is 33.8. The van der Waals surface area contributed by atoms with Crippen molar-refractivity contribution >= 4 is 15.8 Å². The third-order valence-electron chi connectivity index (χ3n) is 6.00. The number of hydrogen-bond donors (Lipinski definition) is 2. The highest BCUT2D eigenvalue weighted by atomic mass is 32.2. The molecule has 3 fully saturated rings. The fraction of sp³-hybridized carbons (Fsp3) is 0.941. The highest BCUT2D eigenvalue weighted by Crippen LogP contribution is 2.50. The number of aliphatic imine (C=N–C) groups is 1. The Labute approximate surface area is 150 Å². The van der Waals surface area contributed by atoms with Crippen molar-refractivity contribution in [2.24, 2.45) is 16.3 Å². The minimum Gasteiger partial charge on any atom is -0.381 e. The van der Waals surface area contributed by atoms with E-state index in [2.05, 4.69) is 15.6 Å². The van der Waals surface area contributed by atoms with E-state index in [1.807, 2.05) is 6.92 Å². The van der Waals surface area contributed by atoms with Gasteiger partial charge < -0.3 is 20.1 Å². The van der Waals surface area contributed by atoms with Crippen LogP contribution < -0.4 is 10.6 Å². The predicted molar refractivity (Wildman–Crippen MR) is 97.6 cm³/mol. The van der Waals surface area contributed by atoms with Crippen LogP contribution in [0.25, 0.3) is 0 Å². The van der Waals surface area contributed by atoms with Crippen molar-refractivity contribution in [3.05, 3.63) is 0 Å². The average molecular weight is 374 g/mol. The molecule has 0 bridgehead atoms. The van der Waals surface area contributed by atoms with Gasteiger partial charge in [0.2, 0.25) is 0 Å². The maximum Gasteiger partial charge on any atom is 0.191 e. The first-order valence-corrected chi connectivity index (χ1v) is 11.2. The second-order valence-corrected chi connectivity index (χ2v) is 9.67. The van der Waals surface area contributed by atoms with Gasteiger partial charge in [-0.3, -0.25) is 4.99 Å². The molecule has 0 aromatic carbocycles. The van der Waals surface area contributed by atoms with Crippen LogP contribution in [0.5, 0.6) is 0 Å². The Hall–Kier alpha value is -0.860. The fourth-order valence-electron chi connectivity index (χ4n) is 4.44. The molecule has 1 aliphatic carbocycles. The number of nitrogens with one attached hydrogen (secondary N) is 2. The molecule has 7 nitrogen and oxygen atoms in total. The van der Waals surface area contributed by atoms with Gasteiger partial charge in [-0.25, -0.2) is 8.42 Å². The maximum atomic E-state index is 11.6. The van der Waals surface area contributed by atoms with E-state index in [0.29, 0.717) is 18.3 Å². The Kier molecular flexibility index (Phi) is 5.90. The minimum absolute atomic E-state index is 0.128. The molecule has 0 amide bonds. The molecule has 0 aromatic rings. The van der Waals surface area contributed by atoms with Gasteiger partial charge in [0, 0.05) is 44.9 Å². The summed E-state index contributed by atoms with van der Waals surface area (Å²) in [5.41, 5.74) is 0.128. The predicted octanol–water partition coefficient (Wildman–Crippen LogP) is 0.560. The molecule has 0 radical (unpaired) electrons. The number of rotatable bonds is 5. The zero-order valence-corrected chi connectivity index (χ0v) is 16.1. The van der Waals surface area contributed by atoms with Crippen molar-refractivity contribution in [2.75, 3.05) is 44.9 Å². The average Bonchev–Trinajstić information content (AvgIpc) is 2.96. The molecule has 1 spiro atoms. The monoisotopic (exact) mass is 373 g/mol. The van der Waals surface area contributed by atoms with E-state index in [1.54, 1.807) is 7.05 Å². The molecule has 3 unspecified atom stereocenters. The number of sulfone groups is 1. The Balaban J connectivity index is 1.54. The third-order valence-corrected chi connectivity index (χ3v) is 7.83. The maximum absolute atomic E-state index is 11.6. The van der Waals surface area contributed by atoms with E-state index in [1.165, 1.54) is 0 Å². The Bertz CT molecular complexity index is 587. The summed E-state index contributed by atoms with van der Waals surface area (Å²) in [4.78, 5) is 4.33. The van der Waals surface area contributed by atoms with Gasteiger partial charge in [0.15, 0.2) is 15.8 Å². The first-order chi connectivity index (χ1) is 12.0. The van der Waals surface area contributed by atoms with Crippen LogP contribution in [0, 0.1) is 11.3 Å². The second-order valence-electron chi connectivity index (χ2n) is 7.44. The highest BCUT2D eigenvalue weighted by molar-refractivity contribution is 7.91. The van der Waals surface area contributed by atoms with Gasteiger partial charge >= 0.3 is 0 Å². The van der Waals surface area contributed by atoms with Crippen molar-refractivity contribution in [1.29, 1.82) is 0 Å². The fourth-order valence-corrected chi connectivity index (χ4v) is 6.30. The molecule has 0 aromatic heterocycles. The SMILES string of the molecule is CCOC1CC(NC(=NC)NCC2CCS(=O)(=O)C2)C12CCOCC2. The second kappa shape index (κ2) is 7.80. The van der Waals surface area contributed by atoms with E-state index in [4.69, 9.17) is 9.47 Å². The summed E-state index contributed by atoms with van der Waals surface area (Å²) in [6, 6.07) is 0.325. The summed E-state index contributed by atoms with van der Waals surface area (Å²) in [6.45, 7) is 5.01. The Morgan fingerprint density at radius 3 is 2.72 bits per heavy atom. The van der Waals surface area contributed by atoms with Crippen LogP contribution in [0.3, 0.4) is 0 Å². The van der Waals surface area contributed by atoms with Crippen LogP contribution in [-0.2, 0) is 19.3 Å². The topological polar surface area (TPSA) is 89.0 Å². The summed E-state index contributed by atoms with van der Waals surface area (Å²) in [5, 5.41) is 6.87. The van der Waals surface area contributed by atoms with Crippen LogP contribution in [0.2, 0.25) is 0 Å². The molecule has 2 saturated heterocycles. The molecule has 144 valence electrons. The van der Waals surface area contributed by atoms with Crippen molar-refractivity contribution in [1.82, 2.24) is 10.6 Å². The molecule has 3 atom stereocenters. The van der Waals surface area contributed by atoms with E-state index in [0.717, 1.165) is 51.5 Å². The number of nitrogens with zero attached hydrogens (tertiary/aromatic N) is 1. The quantitative estimate of drug-likeness (QED) is 0.541. The molecule has 25 heavy (non-hydrogen) atoms. The smallest absolute Gasteiger partial charge is 0.191 e. The minimum atomic E-state index is -2.83. The molecule has 1 saturated carbocycles. The van der Waals surface area contributed by atoms with Crippen molar-refractivity contribution < 1.29 is 17.9 Å². The third kappa shape index (κ3) is 4.11. The largest absolute Gasteiger partial charge is 0.381 e. The Morgan fingerprint density at radius 1 is 1.36 bits per heavy atom. The van der Waals surface area contributed by atoms with Gasteiger partial charge in [-0.05, 0) is 38.5 Å². The zero-order valence-electron chi connectivity index (χ0n) is 15.3. The molecule has 2 N–H and O–H groups in total. The summed E-state index contributed by atoms with van der Waals surface area (Å²) >= 11 is 0. The van der Waals surface area contributed by atoms with Crippen molar-refractivity contribution in [3.63, 3.8) is 0 Å². The van der Waals surface area contributed by atoms with Gasteiger partial charge in [0.05, 0.1) is 17.6 Å². The number of guanidine groups is 1. The van der Waals surface area contributed by atoms with Gasteiger partial charge in [-0.2, -0.15) is 0 Å². The molecular formula is C17H31N3O4S. The molecule has 2 heterocycles. The molecule has 3 aliphatic rings. The van der Waals surface area contributed by atoms with E-state index >= 15 is 0 Å². The van der Waals surface area contributed by atoms with Crippen LogP contribution >= 0.6 is 0 Å². The number of hydrogen-bond acceptors (Lipinski definition) is 5. The van der Waals surface area contributed by atoms with Crippen LogP contribution in [0.15, 0.2) is 4.99 Å².